The van der Waals surface area contributed by atoms with E-state index >= 15 is 0 Å². The van der Waals surface area contributed by atoms with Crippen molar-refractivity contribution in [3.05, 3.63) is 27.9 Å². The van der Waals surface area contributed by atoms with E-state index in [1.165, 1.54) is 12.5 Å². The Bertz CT molecular complexity index is 561. The molecule has 2 atom stereocenters. The first-order valence-electron chi connectivity index (χ1n) is 6.80. The molecule has 8 heteroatoms. The molecule has 1 aliphatic rings. The van der Waals surface area contributed by atoms with Gasteiger partial charge in [0.2, 0.25) is 5.88 Å². The van der Waals surface area contributed by atoms with Gasteiger partial charge < -0.3 is 15.7 Å². The fourth-order valence-corrected chi connectivity index (χ4v) is 2.52. The molecule has 1 fully saturated rings. The minimum Gasteiger partial charge on any atom is -0.474 e. The molecule has 1 aliphatic carbocycles. The van der Waals surface area contributed by atoms with Gasteiger partial charge in [-0.25, -0.2) is 4.98 Å². The van der Waals surface area contributed by atoms with E-state index in [2.05, 4.69) is 17.1 Å². The summed E-state index contributed by atoms with van der Waals surface area (Å²) < 4.78 is 5.81. The van der Waals surface area contributed by atoms with Gasteiger partial charge in [-0.2, -0.15) is 0 Å². The molecule has 0 aromatic carbocycles. The zero-order valence-electron chi connectivity index (χ0n) is 11.7. The lowest BCUT2D eigenvalue weighted by molar-refractivity contribution is -0.385. The van der Waals surface area contributed by atoms with Crippen LogP contribution in [0.2, 0.25) is 0 Å². The van der Waals surface area contributed by atoms with Crippen LogP contribution in [0.4, 0.5) is 5.69 Å². The molecular formula is C13H18N4O4. The molecule has 0 spiro atoms. The highest BCUT2D eigenvalue weighted by atomic mass is 16.6. The molecule has 0 radical (unpaired) electrons. The van der Waals surface area contributed by atoms with Gasteiger partial charge in [-0.15, -0.1) is 0 Å². The van der Waals surface area contributed by atoms with Crippen LogP contribution in [0.5, 0.6) is 5.88 Å². The van der Waals surface area contributed by atoms with Crippen molar-refractivity contribution >= 4 is 11.5 Å². The van der Waals surface area contributed by atoms with Crippen LogP contribution < -0.4 is 10.5 Å². The molecule has 21 heavy (non-hydrogen) atoms. The van der Waals surface area contributed by atoms with Crippen LogP contribution in [0.1, 0.15) is 38.2 Å². The van der Waals surface area contributed by atoms with Gasteiger partial charge in [-0.1, -0.05) is 18.5 Å². The van der Waals surface area contributed by atoms with Gasteiger partial charge in [0.1, 0.15) is 12.3 Å². The first-order valence-corrected chi connectivity index (χ1v) is 6.80. The number of oxime groups is 1. The number of nitrogens with two attached hydrogens (primary N) is 1. The first-order chi connectivity index (χ1) is 10.0. The molecule has 1 aromatic heterocycles. The van der Waals surface area contributed by atoms with Crippen LogP contribution >= 0.6 is 0 Å². The predicted octanol–water partition coefficient (Wildman–Crippen LogP) is 2.04. The van der Waals surface area contributed by atoms with Crippen molar-refractivity contribution in [3.63, 3.8) is 0 Å². The maximum atomic E-state index is 10.8. The number of rotatable bonds is 4. The number of pyridine rings is 1. The number of nitro groups is 1. The van der Waals surface area contributed by atoms with Gasteiger partial charge in [-0.3, -0.25) is 10.1 Å². The second-order valence-corrected chi connectivity index (χ2v) is 5.30. The Labute approximate surface area is 121 Å². The number of nitrogens with zero attached hydrogens (tertiary/aromatic N) is 3. The van der Waals surface area contributed by atoms with E-state index in [0.29, 0.717) is 5.92 Å². The van der Waals surface area contributed by atoms with Gasteiger partial charge in [-0.05, 0) is 25.2 Å². The topological polar surface area (TPSA) is 124 Å². The van der Waals surface area contributed by atoms with Crippen LogP contribution in [-0.2, 0) is 0 Å². The molecule has 2 unspecified atom stereocenters. The molecule has 1 aromatic rings. The molecule has 1 saturated carbocycles. The van der Waals surface area contributed by atoms with Crippen LogP contribution in [0.15, 0.2) is 17.4 Å². The van der Waals surface area contributed by atoms with Crippen molar-refractivity contribution in [1.29, 1.82) is 0 Å². The highest BCUT2D eigenvalue weighted by Gasteiger charge is 2.24. The highest BCUT2D eigenvalue weighted by Crippen LogP contribution is 2.29. The number of hydrogen-bond donors (Lipinski definition) is 2. The predicted molar refractivity (Wildman–Crippen MR) is 75.5 cm³/mol. The fourth-order valence-electron chi connectivity index (χ4n) is 2.52. The summed E-state index contributed by atoms with van der Waals surface area (Å²) in [5, 5.41) is 22.5. The van der Waals surface area contributed by atoms with Crippen molar-refractivity contribution < 1.29 is 14.9 Å². The Kier molecular flexibility index (Phi) is 4.56. The molecule has 8 nitrogen and oxygen atoms in total. The van der Waals surface area contributed by atoms with E-state index in [1.54, 1.807) is 0 Å². The van der Waals surface area contributed by atoms with E-state index in [4.69, 9.17) is 15.7 Å². The standard InChI is InChI=1S/C13H18N4O4/c1-8-3-2-4-10(5-8)21-13-11(12(14)16-18)6-9(7-15-13)17(19)20/h6-8,10,18H,2-5H2,1H3,(H2,14,16). The number of hydrogen-bond acceptors (Lipinski definition) is 6. The second-order valence-electron chi connectivity index (χ2n) is 5.30. The molecule has 0 aliphatic heterocycles. The Morgan fingerprint density at radius 2 is 2.38 bits per heavy atom. The van der Waals surface area contributed by atoms with Gasteiger partial charge in [0.25, 0.3) is 5.69 Å². The normalized spacial score (nSPS) is 22.8. The third-order valence-electron chi connectivity index (χ3n) is 3.60. The van der Waals surface area contributed by atoms with Crippen LogP contribution in [0, 0.1) is 16.0 Å². The number of ether oxygens (including phenoxy) is 1. The average molecular weight is 294 g/mol. The van der Waals surface area contributed by atoms with Gasteiger partial charge in [0.15, 0.2) is 5.84 Å². The number of amidine groups is 1. The monoisotopic (exact) mass is 294 g/mol. The van der Waals surface area contributed by atoms with E-state index < -0.39 is 4.92 Å². The molecule has 114 valence electrons. The maximum Gasteiger partial charge on any atom is 0.288 e. The second kappa shape index (κ2) is 6.38. The van der Waals surface area contributed by atoms with Crippen LogP contribution in [0.25, 0.3) is 0 Å². The van der Waals surface area contributed by atoms with Gasteiger partial charge in [0, 0.05) is 6.07 Å². The lowest BCUT2D eigenvalue weighted by atomic mass is 9.89. The summed E-state index contributed by atoms with van der Waals surface area (Å²) in [6, 6.07) is 1.20. The lowest BCUT2D eigenvalue weighted by Gasteiger charge is -2.27. The third-order valence-corrected chi connectivity index (χ3v) is 3.60. The summed E-state index contributed by atoms with van der Waals surface area (Å²) in [5.74, 6) is 0.467. The molecule has 2 rings (SSSR count). The Balaban J connectivity index is 2.27. The third kappa shape index (κ3) is 3.59. The largest absolute Gasteiger partial charge is 0.474 e. The van der Waals surface area contributed by atoms with Crippen molar-refractivity contribution in [1.82, 2.24) is 4.98 Å². The summed E-state index contributed by atoms with van der Waals surface area (Å²) >= 11 is 0. The molecule has 0 bridgehead atoms. The molecule has 1 heterocycles. The van der Waals surface area contributed by atoms with Crippen molar-refractivity contribution in [2.24, 2.45) is 16.8 Å². The van der Waals surface area contributed by atoms with Gasteiger partial charge >= 0.3 is 0 Å². The Morgan fingerprint density at radius 3 is 3.00 bits per heavy atom. The van der Waals surface area contributed by atoms with E-state index in [9.17, 15) is 10.1 Å². The van der Waals surface area contributed by atoms with Crippen molar-refractivity contribution in [2.75, 3.05) is 0 Å². The van der Waals surface area contributed by atoms with E-state index in [1.807, 2.05) is 0 Å². The zero-order valence-corrected chi connectivity index (χ0v) is 11.7. The molecule has 0 saturated heterocycles. The maximum absolute atomic E-state index is 10.8. The molecule has 3 N–H and O–H groups in total. The lowest BCUT2D eigenvalue weighted by Crippen LogP contribution is -2.26. The zero-order chi connectivity index (χ0) is 15.4. The first kappa shape index (κ1) is 15.0. The van der Waals surface area contributed by atoms with Crippen LogP contribution in [0.3, 0.4) is 0 Å². The quantitative estimate of drug-likeness (QED) is 0.288. The van der Waals surface area contributed by atoms with Crippen molar-refractivity contribution in [3.8, 4) is 5.88 Å². The summed E-state index contributed by atoms with van der Waals surface area (Å²) in [5.41, 5.74) is 5.45. The summed E-state index contributed by atoms with van der Waals surface area (Å²) in [4.78, 5) is 14.2. The smallest absolute Gasteiger partial charge is 0.288 e. The van der Waals surface area contributed by atoms with E-state index in [0.717, 1.165) is 25.5 Å². The molecular weight excluding hydrogens is 276 g/mol. The Morgan fingerprint density at radius 1 is 1.62 bits per heavy atom. The minimum atomic E-state index is -0.590. The molecule has 0 amide bonds. The van der Waals surface area contributed by atoms with Gasteiger partial charge in [0.05, 0.1) is 10.5 Å². The highest BCUT2D eigenvalue weighted by molar-refractivity contribution is 5.99. The van der Waals surface area contributed by atoms with Crippen molar-refractivity contribution in [2.45, 2.75) is 38.7 Å². The van der Waals surface area contributed by atoms with E-state index in [-0.39, 0.29) is 29.1 Å². The SMILES string of the molecule is CC1CCCC(Oc2ncc([N+](=O)[O-])cc2C(N)=NO)C1. The fraction of sp³-hybridized carbons (Fsp3) is 0.538. The Hall–Kier alpha value is -2.38. The number of aromatic nitrogens is 1. The van der Waals surface area contributed by atoms with Crippen LogP contribution in [-0.4, -0.2) is 27.1 Å². The summed E-state index contributed by atoms with van der Waals surface area (Å²) in [6.07, 6.45) is 5.13. The summed E-state index contributed by atoms with van der Waals surface area (Å²) in [7, 11) is 0. The average Bonchev–Trinajstić information content (AvgIpc) is 2.46. The minimum absolute atomic E-state index is 0.00653. The summed E-state index contributed by atoms with van der Waals surface area (Å²) in [6.45, 7) is 2.16.